The third kappa shape index (κ3) is 4.74. The van der Waals surface area contributed by atoms with Gasteiger partial charge in [0.2, 0.25) is 10.0 Å². The molecule has 1 atom stereocenters. The Kier molecular flexibility index (Phi) is 7.70. The molecule has 25 heavy (non-hydrogen) atoms. The summed E-state index contributed by atoms with van der Waals surface area (Å²) in [5, 5.41) is 3.31. The fourth-order valence-electron chi connectivity index (χ4n) is 3.80. The fourth-order valence-corrected chi connectivity index (χ4v) is 5.75. The molecule has 0 spiro atoms. The largest absolute Gasteiger partial charge is 0.315 e. The summed E-state index contributed by atoms with van der Waals surface area (Å²) in [6.07, 6.45) is 4.10. The van der Waals surface area contributed by atoms with Crippen molar-refractivity contribution in [2.75, 3.05) is 39.3 Å². The lowest BCUT2D eigenvalue weighted by atomic mass is 10.2. The van der Waals surface area contributed by atoms with Gasteiger partial charge in [-0.3, -0.25) is 0 Å². The average molecular weight is 388 g/mol. The smallest absolute Gasteiger partial charge is 0.243 e. The lowest BCUT2D eigenvalue weighted by molar-refractivity contribution is 0.265. The van der Waals surface area contributed by atoms with Crippen molar-refractivity contribution in [2.45, 2.75) is 43.5 Å². The number of hydrogen-bond acceptors (Lipinski definition) is 4. The van der Waals surface area contributed by atoms with Gasteiger partial charge in [-0.05, 0) is 56.9 Å². The van der Waals surface area contributed by atoms with E-state index in [9.17, 15) is 8.42 Å². The maximum atomic E-state index is 13.4. The van der Waals surface area contributed by atoms with Crippen LogP contribution in [0.1, 0.15) is 31.7 Å². The monoisotopic (exact) mass is 387 g/mol. The molecule has 3 rings (SSSR count). The molecular formula is C18H30ClN3O2S. The number of nitrogens with zero attached hydrogens (tertiary/aromatic N) is 2. The Morgan fingerprint density at radius 3 is 2.60 bits per heavy atom. The Bertz CT molecular complexity index is 641. The number of rotatable bonds is 7. The van der Waals surface area contributed by atoms with Crippen LogP contribution >= 0.6 is 12.4 Å². The minimum absolute atomic E-state index is 0. The van der Waals surface area contributed by atoms with Gasteiger partial charge in [-0.15, -0.1) is 12.4 Å². The zero-order valence-electron chi connectivity index (χ0n) is 15.0. The second-order valence-corrected chi connectivity index (χ2v) is 8.63. The molecule has 1 aromatic rings. The Labute approximate surface area is 158 Å². The Hall–Kier alpha value is -0.660. The first kappa shape index (κ1) is 20.6. The van der Waals surface area contributed by atoms with Crippen LogP contribution in [0.3, 0.4) is 0 Å². The number of benzene rings is 1. The van der Waals surface area contributed by atoms with Gasteiger partial charge in [0.25, 0.3) is 0 Å². The maximum absolute atomic E-state index is 13.4. The van der Waals surface area contributed by atoms with Gasteiger partial charge in [0, 0.05) is 25.7 Å². The molecule has 1 unspecified atom stereocenters. The molecule has 142 valence electrons. The summed E-state index contributed by atoms with van der Waals surface area (Å²) in [7, 11) is -3.45. The van der Waals surface area contributed by atoms with Crippen molar-refractivity contribution in [2.24, 2.45) is 0 Å². The van der Waals surface area contributed by atoms with Gasteiger partial charge < -0.3 is 10.2 Å². The van der Waals surface area contributed by atoms with Gasteiger partial charge in [0.1, 0.15) is 0 Å². The lowest BCUT2D eigenvalue weighted by Crippen LogP contribution is -2.45. The topological polar surface area (TPSA) is 52.7 Å². The molecule has 2 heterocycles. The number of likely N-dealkylation sites (tertiary alicyclic amines) is 1. The summed E-state index contributed by atoms with van der Waals surface area (Å²) in [5.41, 5.74) is 0.912. The van der Waals surface area contributed by atoms with Gasteiger partial charge in [-0.2, -0.15) is 4.31 Å². The van der Waals surface area contributed by atoms with Gasteiger partial charge >= 0.3 is 0 Å². The maximum Gasteiger partial charge on any atom is 0.243 e. The van der Waals surface area contributed by atoms with Crippen LogP contribution in [0.5, 0.6) is 0 Å². The Balaban J connectivity index is 0.00000225. The highest BCUT2D eigenvalue weighted by molar-refractivity contribution is 7.89. The minimum Gasteiger partial charge on any atom is -0.315 e. The van der Waals surface area contributed by atoms with Crippen molar-refractivity contribution in [3.63, 3.8) is 0 Å². The van der Waals surface area contributed by atoms with E-state index < -0.39 is 10.0 Å². The van der Waals surface area contributed by atoms with Gasteiger partial charge in [-0.25, -0.2) is 8.42 Å². The van der Waals surface area contributed by atoms with E-state index in [0.717, 1.165) is 51.1 Å². The van der Waals surface area contributed by atoms with E-state index in [0.29, 0.717) is 11.4 Å². The quantitative estimate of drug-likeness (QED) is 0.778. The van der Waals surface area contributed by atoms with Crippen LogP contribution < -0.4 is 5.32 Å². The van der Waals surface area contributed by atoms with E-state index in [-0.39, 0.29) is 18.4 Å². The summed E-state index contributed by atoms with van der Waals surface area (Å²) in [4.78, 5) is 2.87. The standard InChI is InChI=1S/C18H29N3O2S.ClH/c1-2-16-7-3-4-8-18(16)24(22,23)21(17-9-10-19-15-17)14-13-20-11-5-6-12-20;/h3-4,7-8,17,19H,2,5-6,9-15H2,1H3;1H. The summed E-state index contributed by atoms with van der Waals surface area (Å²) < 4.78 is 28.5. The normalized spacial score (nSPS) is 21.6. The van der Waals surface area contributed by atoms with Crippen LogP contribution in [-0.2, 0) is 16.4 Å². The molecule has 2 aliphatic heterocycles. The van der Waals surface area contributed by atoms with Crippen LogP contribution in [0, 0.1) is 0 Å². The summed E-state index contributed by atoms with van der Waals surface area (Å²) in [5.74, 6) is 0. The number of halogens is 1. The highest BCUT2D eigenvalue weighted by Crippen LogP contribution is 2.24. The molecule has 0 aromatic heterocycles. The van der Waals surface area contributed by atoms with E-state index in [1.54, 1.807) is 10.4 Å². The van der Waals surface area contributed by atoms with Crippen LogP contribution in [0.15, 0.2) is 29.2 Å². The molecule has 2 saturated heterocycles. The first-order chi connectivity index (χ1) is 11.6. The van der Waals surface area contributed by atoms with Crippen molar-refractivity contribution in [3.8, 4) is 0 Å². The summed E-state index contributed by atoms with van der Waals surface area (Å²) in [6, 6.07) is 7.52. The fraction of sp³-hybridized carbons (Fsp3) is 0.667. The number of nitrogens with one attached hydrogen (secondary N) is 1. The van der Waals surface area contributed by atoms with Crippen molar-refractivity contribution in [1.29, 1.82) is 0 Å². The third-order valence-electron chi connectivity index (χ3n) is 5.22. The molecule has 0 saturated carbocycles. The average Bonchev–Trinajstić information content (AvgIpc) is 3.28. The van der Waals surface area contributed by atoms with Crippen LogP contribution in [0.2, 0.25) is 0 Å². The number of hydrogen-bond donors (Lipinski definition) is 1. The lowest BCUT2D eigenvalue weighted by Gasteiger charge is -2.30. The van der Waals surface area contributed by atoms with Gasteiger partial charge in [0.15, 0.2) is 0 Å². The predicted molar refractivity (Wildman–Crippen MR) is 104 cm³/mol. The third-order valence-corrected chi connectivity index (χ3v) is 7.27. The second kappa shape index (κ2) is 9.33. The molecule has 0 bridgehead atoms. The Morgan fingerprint density at radius 1 is 1.24 bits per heavy atom. The van der Waals surface area contributed by atoms with Crippen LogP contribution in [-0.4, -0.2) is 62.9 Å². The van der Waals surface area contributed by atoms with Crippen LogP contribution in [0.25, 0.3) is 0 Å². The van der Waals surface area contributed by atoms with Gasteiger partial charge in [0.05, 0.1) is 4.90 Å². The van der Waals surface area contributed by atoms with Crippen LogP contribution in [0.4, 0.5) is 0 Å². The van der Waals surface area contributed by atoms with E-state index in [2.05, 4.69) is 10.2 Å². The highest BCUT2D eigenvalue weighted by Gasteiger charge is 2.34. The van der Waals surface area contributed by atoms with Crippen molar-refractivity contribution in [3.05, 3.63) is 29.8 Å². The summed E-state index contributed by atoms with van der Waals surface area (Å²) in [6.45, 7) is 7.30. The molecule has 2 aliphatic rings. The van der Waals surface area contributed by atoms with Crippen molar-refractivity contribution in [1.82, 2.24) is 14.5 Å². The Morgan fingerprint density at radius 2 is 1.96 bits per heavy atom. The van der Waals surface area contributed by atoms with E-state index in [1.165, 1.54) is 12.8 Å². The molecule has 0 amide bonds. The molecule has 1 aromatic carbocycles. The first-order valence-electron chi connectivity index (χ1n) is 9.15. The number of sulfonamides is 1. The minimum atomic E-state index is -3.45. The molecule has 5 nitrogen and oxygen atoms in total. The van der Waals surface area contributed by atoms with Crippen molar-refractivity contribution >= 4 is 22.4 Å². The van der Waals surface area contributed by atoms with Gasteiger partial charge in [-0.1, -0.05) is 25.1 Å². The van der Waals surface area contributed by atoms with E-state index in [1.807, 2.05) is 25.1 Å². The molecule has 7 heteroatoms. The van der Waals surface area contributed by atoms with E-state index >= 15 is 0 Å². The SMILES string of the molecule is CCc1ccccc1S(=O)(=O)N(CCN1CCCC1)C1CCNC1.Cl. The predicted octanol–water partition coefficient (Wildman–Crippen LogP) is 2.12. The molecule has 1 N–H and O–H groups in total. The highest BCUT2D eigenvalue weighted by atomic mass is 35.5. The van der Waals surface area contributed by atoms with Crippen molar-refractivity contribution < 1.29 is 8.42 Å². The first-order valence-corrected chi connectivity index (χ1v) is 10.6. The summed E-state index contributed by atoms with van der Waals surface area (Å²) >= 11 is 0. The zero-order valence-corrected chi connectivity index (χ0v) is 16.6. The second-order valence-electron chi connectivity index (χ2n) is 6.77. The molecule has 2 fully saturated rings. The molecule has 0 aliphatic carbocycles. The molecule has 0 radical (unpaired) electrons. The molecular weight excluding hydrogens is 358 g/mol. The zero-order chi connectivity index (χ0) is 17.0. The number of aryl methyl sites for hydroxylation is 1. The van der Waals surface area contributed by atoms with E-state index in [4.69, 9.17) is 0 Å².